The van der Waals surface area contributed by atoms with Gasteiger partial charge < -0.3 is 0 Å². The topological polar surface area (TPSA) is 9.23 Å². The van der Waals surface area contributed by atoms with Crippen molar-refractivity contribution in [2.75, 3.05) is 0 Å². The Bertz CT molecular complexity index is 474. The van der Waals surface area contributed by atoms with Gasteiger partial charge in [-0.3, -0.25) is 4.74 Å². The predicted molar refractivity (Wildman–Crippen MR) is 67.6 cm³/mol. The average Bonchev–Trinajstić information content (AvgIpc) is 2.38. The van der Waals surface area contributed by atoms with Crippen LogP contribution in [0.2, 0.25) is 0 Å². The van der Waals surface area contributed by atoms with E-state index >= 15 is 0 Å². The van der Waals surface area contributed by atoms with Gasteiger partial charge in [-0.05, 0) is 17.6 Å². The second-order valence-electron chi connectivity index (χ2n) is 4.53. The first-order valence-electron chi connectivity index (χ1n) is 6.13. The molecule has 0 radical (unpaired) electrons. The highest BCUT2D eigenvalue weighted by Crippen LogP contribution is 2.30. The Kier molecular flexibility index (Phi) is 4.10. The summed E-state index contributed by atoms with van der Waals surface area (Å²) in [6.07, 6.45) is -0.228. The van der Waals surface area contributed by atoms with Crippen molar-refractivity contribution >= 4 is 0 Å². The Labute approximate surface area is 110 Å². The number of halogens is 3. The highest BCUT2D eigenvalue weighted by atomic mass is 19.4. The Morgan fingerprint density at radius 3 is 2.42 bits per heavy atom. The number of alkyl halides is 3. The molecule has 0 saturated carbocycles. The Morgan fingerprint density at radius 1 is 1.21 bits per heavy atom. The Hall–Kier alpha value is -1.55. The van der Waals surface area contributed by atoms with Gasteiger partial charge in [0.15, 0.2) is 0 Å². The number of benzene rings is 1. The molecule has 4 heteroatoms. The standard InChI is InChI=1S/C15H15F3O/c1-11(12-5-3-2-4-6-12)13-7-9-14(10-8-13)19-15(16,17)18/h2-9,11,14H,10H2,1H3. The highest BCUT2D eigenvalue weighted by molar-refractivity contribution is 5.36. The van der Waals surface area contributed by atoms with Crippen molar-refractivity contribution < 1.29 is 17.9 Å². The van der Waals surface area contributed by atoms with E-state index < -0.39 is 12.5 Å². The van der Waals surface area contributed by atoms with E-state index in [0.29, 0.717) is 0 Å². The number of ether oxygens (including phenoxy) is 1. The van der Waals surface area contributed by atoms with E-state index in [1.54, 1.807) is 6.08 Å². The molecule has 0 amide bonds. The molecule has 0 aromatic heterocycles. The van der Waals surface area contributed by atoms with Crippen LogP contribution in [0.5, 0.6) is 0 Å². The third kappa shape index (κ3) is 3.96. The van der Waals surface area contributed by atoms with E-state index in [-0.39, 0.29) is 12.3 Å². The van der Waals surface area contributed by atoms with Crippen LogP contribution in [0.25, 0.3) is 0 Å². The monoisotopic (exact) mass is 268 g/mol. The molecule has 0 N–H and O–H groups in total. The van der Waals surface area contributed by atoms with Gasteiger partial charge in [0.1, 0.15) is 0 Å². The summed E-state index contributed by atoms with van der Waals surface area (Å²) in [7, 11) is 0. The second kappa shape index (κ2) is 5.61. The molecule has 0 spiro atoms. The van der Waals surface area contributed by atoms with E-state index in [9.17, 15) is 13.2 Å². The molecule has 0 bridgehead atoms. The van der Waals surface area contributed by atoms with Gasteiger partial charge in [0, 0.05) is 5.92 Å². The van der Waals surface area contributed by atoms with Gasteiger partial charge in [-0.15, -0.1) is 13.2 Å². The lowest BCUT2D eigenvalue weighted by Crippen LogP contribution is -2.23. The van der Waals surface area contributed by atoms with Crippen LogP contribution < -0.4 is 0 Å². The van der Waals surface area contributed by atoms with Gasteiger partial charge in [0.25, 0.3) is 0 Å². The summed E-state index contributed by atoms with van der Waals surface area (Å²) in [6.45, 7) is 2.04. The molecule has 0 aliphatic heterocycles. The molecule has 102 valence electrons. The molecule has 2 unspecified atom stereocenters. The van der Waals surface area contributed by atoms with E-state index in [2.05, 4.69) is 4.74 Å². The van der Waals surface area contributed by atoms with Gasteiger partial charge in [-0.1, -0.05) is 55.5 Å². The van der Waals surface area contributed by atoms with Crippen LogP contribution in [0.4, 0.5) is 13.2 Å². The van der Waals surface area contributed by atoms with Crippen molar-refractivity contribution in [3.63, 3.8) is 0 Å². The van der Waals surface area contributed by atoms with Crippen molar-refractivity contribution in [1.29, 1.82) is 0 Å². The molecule has 19 heavy (non-hydrogen) atoms. The predicted octanol–water partition coefficient (Wildman–Crippen LogP) is 4.58. The molecule has 1 aliphatic carbocycles. The molecule has 1 aromatic carbocycles. The SMILES string of the molecule is CC(C1=CCC(OC(F)(F)F)C=C1)c1ccccc1. The highest BCUT2D eigenvalue weighted by Gasteiger charge is 2.33. The molecular formula is C15H15F3O. The fourth-order valence-electron chi connectivity index (χ4n) is 2.13. The summed E-state index contributed by atoms with van der Waals surface area (Å²) in [5.41, 5.74) is 2.17. The average molecular weight is 268 g/mol. The molecule has 2 rings (SSSR count). The third-order valence-corrected chi connectivity index (χ3v) is 3.17. The van der Waals surface area contributed by atoms with E-state index in [1.807, 2.05) is 43.3 Å². The number of allylic oxidation sites excluding steroid dienone is 2. The molecule has 0 fully saturated rings. The molecule has 0 heterocycles. The van der Waals surface area contributed by atoms with Crippen molar-refractivity contribution in [2.45, 2.75) is 31.7 Å². The maximum absolute atomic E-state index is 12.1. The Morgan fingerprint density at radius 2 is 1.89 bits per heavy atom. The lowest BCUT2D eigenvalue weighted by molar-refractivity contribution is -0.336. The fourth-order valence-corrected chi connectivity index (χ4v) is 2.13. The minimum Gasteiger partial charge on any atom is -0.284 e. The minimum absolute atomic E-state index is 0.171. The van der Waals surface area contributed by atoms with Crippen LogP contribution in [0.1, 0.15) is 24.8 Å². The molecule has 2 atom stereocenters. The van der Waals surface area contributed by atoms with Crippen molar-refractivity contribution in [2.24, 2.45) is 0 Å². The van der Waals surface area contributed by atoms with Gasteiger partial charge in [0.05, 0.1) is 6.10 Å². The van der Waals surface area contributed by atoms with Gasteiger partial charge >= 0.3 is 6.36 Å². The fraction of sp³-hybridized carbons (Fsp3) is 0.333. The summed E-state index contributed by atoms with van der Waals surface area (Å²) >= 11 is 0. The number of rotatable bonds is 3. The van der Waals surface area contributed by atoms with E-state index in [4.69, 9.17) is 0 Å². The number of hydrogen-bond acceptors (Lipinski definition) is 1. The number of hydrogen-bond donors (Lipinski definition) is 0. The maximum Gasteiger partial charge on any atom is 0.523 e. The van der Waals surface area contributed by atoms with Crippen LogP contribution in [-0.2, 0) is 4.74 Å². The summed E-state index contributed by atoms with van der Waals surface area (Å²) < 4.78 is 40.2. The van der Waals surface area contributed by atoms with Crippen molar-refractivity contribution in [3.8, 4) is 0 Å². The van der Waals surface area contributed by atoms with E-state index in [1.165, 1.54) is 6.08 Å². The molecule has 1 nitrogen and oxygen atoms in total. The summed E-state index contributed by atoms with van der Waals surface area (Å²) in [6, 6.07) is 9.87. The maximum atomic E-state index is 12.1. The van der Waals surface area contributed by atoms with Crippen LogP contribution in [0, 0.1) is 0 Å². The van der Waals surface area contributed by atoms with Crippen LogP contribution in [0.3, 0.4) is 0 Å². The van der Waals surface area contributed by atoms with Crippen molar-refractivity contribution in [1.82, 2.24) is 0 Å². The van der Waals surface area contributed by atoms with Crippen molar-refractivity contribution in [3.05, 3.63) is 59.7 Å². The van der Waals surface area contributed by atoms with Gasteiger partial charge in [-0.2, -0.15) is 0 Å². The first kappa shape index (κ1) is 13.9. The largest absolute Gasteiger partial charge is 0.523 e. The Balaban J connectivity index is 2.00. The lowest BCUT2D eigenvalue weighted by atomic mass is 9.89. The van der Waals surface area contributed by atoms with Crippen LogP contribution in [-0.4, -0.2) is 12.5 Å². The quantitative estimate of drug-likeness (QED) is 0.779. The second-order valence-corrected chi connectivity index (χ2v) is 4.53. The first-order valence-corrected chi connectivity index (χ1v) is 6.13. The lowest BCUT2D eigenvalue weighted by Gasteiger charge is -2.21. The molecular weight excluding hydrogens is 253 g/mol. The first-order chi connectivity index (χ1) is 8.96. The van der Waals surface area contributed by atoms with Gasteiger partial charge in [0.2, 0.25) is 0 Å². The normalized spacial score (nSPS) is 21.1. The summed E-state index contributed by atoms with van der Waals surface area (Å²) in [5.74, 6) is 0.171. The third-order valence-electron chi connectivity index (χ3n) is 3.17. The smallest absolute Gasteiger partial charge is 0.284 e. The zero-order valence-electron chi connectivity index (χ0n) is 10.5. The summed E-state index contributed by atoms with van der Waals surface area (Å²) in [5, 5.41) is 0. The summed E-state index contributed by atoms with van der Waals surface area (Å²) in [4.78, 5) is 0. The molecule has 0 saturated heterocycles. The minimum atomic E-state index is -4.58. The molecule has 1 aromatic rings. The van der Waals surface area contributed by atoms with Gasteiger partial charge in [-0.25, -0.2) is 0 Å². The zero-order valence-corrected chi connectivity index (χ0v) is 10.5. The van der Waals surface area contributed by atoms with E-state index in [0.717, 1.165) is 11.1 Å². The van der Waals surface area contributed by atoms with Crippen LogP contribution in [0.15, 0.2) is 54.1 Å². The zero-order chi connectivity index (χ0) is 13.9. The van der Waals surface area contributed by atoms with Crippen LogP contribution >= 0.6 is 0 Å². The molecule has 1 aliphatic rings.